The highest BCUT2D eigenvalue weighted by Gasteiger charge is 2.53. The van der Waals surface area contributed by atoms with Gasteiger partial charge in [0.05, 0.1) is 18.5 Å². The zero-order valence-corrected chi connectivity index (χ0v) is 23.0. The van der Waals surface area contributed by atoms with E-state index < -0.39 is 17.6 Å². The molecule has 12 heteroatoms. The molecule has 1 aromatic heterocycles. The van der Waals surface area contributed by atoms with Crippen molar-refractivity contribution in [3.8, 4) is 12.1 Å². The number of rotatable bonds is 5. The zero-order chi connectivity index (χ0) is 28.7. The molecule has 2 saturated heterocycles. The molecule has 214 valence electrons. The van der Waals surface area contributed by atoms with Crippen LogP contribution in [0.3, 0.4) is 0 Å². The summed E-state index contributed by atoms with van der Waals surface area (Å²) in [6.45, 7) is 2.14. The van der Waals surface area contributed by atoms with Crippen molar-refractivity contribution in [2.45, 2.75) is 50.6 Å². The van der Waals surface area contributed by atoms with Gasteiger partial charge in [0.15, 0.2) is 5.78 Å². The molecule has 0 bridgehead atoms. The van der Waals surface area contributed by atoms with Crippen molar-refractivity contribution >= 4 is 29.3 Å². The minimum atomic E-state index is -1.28. The normalized spacial score (nSPS) is 25.9. The van der Waals surface area contributed by atoms with E-state index in [-0.39, 0.29) is 55.4 Å². The van der Waals surface area contributed by atoms with E-state index in [0.717, 1.165) is 30.6 Å². The van der Waals surface area contributed by atoms with Crippen molar-refractivity contribution in [3.63, 3.8) is 0 Å². The minimum Gasteiger partial charge on any atom is -0.465 e. The molecule has 1 unspecified atom stereocenters. The quantitative estimate of drug-likeness (QED) is 0.522. The summed E-state index contributed by atoms with van der Waals surface area (Å²) in [7, 11) is 2.05. The molecule has 2 fully saturated rings. The molecule has 0 radical (unpaired) electrons. The van der Waals surface area contributed by atoms with Crippen molar-refractivity contribution in [2.24, 2.45) is 5.41 Å². The first-order valence-corrected chi connectivity index (χ1v) is 14.1. The molecule has 3 aliphatic heterocycles. The van der Waals surface area contributed by atoms with Crippen molar-refractivity contribution in [1.29, 1.82) is 5.26 Å². The lowest BCUT2D eigenvalue weighted by atomic mass is 9.66. The molecule has 2 aromatic rings. The predicted octanol–water partition coefficient (Wildman–Crippen LogP) is 2.34. The number of carboxylic acid groups (broad SMARTS) is 1. The van der Waals surface area contributed by atoms with Gasteiger partial charge in [-0.1, -0.05) is 18.2 Å². The Balaban J connectivity index is 1.37. The Kier molecular flexibility index (Phi) is 6.99. The summed E-state index contributed by atoms with van der Waals surface area (Å²) >= 11 is 0. The van der Waals surface area contributed by atoms with Gasteiger partial charge in [-0.25, -0.2) is 4.79 Å². The van der Waals surface area contributed by atoms with Crippen LogP contribution < -0.4 is 15.0 Å². The lowest BCUT2D eigenvalue weighted by molar-refractivity contribution is -0.124. The minimum absolute atomic E-state index is 0.0368. The average molecular weight is 560 g/mol. The fraction of sp³-hybridized carbons (Fsp3) is 0.517. The number of fused-ring (bicyclic) bond motifs is 2. The molecule has 1 aromatic carbocycles. The van der Waals surface area contributed by atoms with Crippen LogP contribution in [0.5, 0.6) is 6.01 Å². The molecular weight excluding hydrogens is 526 g/mol. The highest BCUT2D eigenvalue weighted by Crippen LogP contribution is 2.45. The SMILES string of the molecule is CN1CCC[C@H]1COc1nc2c(c(N3CCN(C(=O)O)[C@@H](CC#N)C3)n1)CCC1(Cc3ccccc3NC1=O)C2=O. The average Bonchev–Trinajstić information content (AvgIpc) is 3.38. The maximum atomic E-state index is 14.3. The molecule has 0 saturated carbocycles. The Bertz CT molecular complexity index is 1440. The third-order valence-electron chi connectivity index (χ3n) is 9.04. The van der Waals surface area contributed by atoms with Crippen LogP contribution in [0.4, 0.5) is 16.3 Å². The second kappa shape index (κ2) is 10.6. The molecule has 2 amide bonds. The summed E-state index contributed by atoms with van der Waals surface area (Å²) < 4.78 is 6.10. The smallest absolute Gasteiger partial charge is 0.407 e. The number of hydrogen-bond donors (Lipinski definition) is 2. The maximum Gasteiger partial charge on any atom is 0.407 e. The highest BCUT2D eigenvalue weighted by molar-refractivity contribution is 6.19. The van der Waals surface area contributed by atoms with Gasteiger partial charge in [0.1, 0.15) is 23.5 Å². The molecule has 4 heterocycles. The molecule has 41 heavy (non-hydrogen) atoms. The number of likely N-dealkylation sites (tertiary alicyclic amines) is 1. The highest BCUT2D eigenvalue weighted by atomic mass is 16.5. The third kappa shape index (κ3) is 4.74. The Morgan fingerprint density at radius 1 is 1.22 bits per heavy atom. The number of nitriles is 1. The van der Waals surface area contributed by atoms with Gasteiger partial charge in [0.25, 0.3) is 0 Å². The number of piperazine rings is 1. The molecule has 6 rings (SSSR count). The molecule has 12 nitrogen and oxygen atoms in total. The van der Waals surface area contributed by atoms with Crippen LogP contribution in [0.15, 0.2) is 24.3 Å². The fourth-order valence-corrected chi connectivity index (χ4v) is 6.64. The van der Waals surface area contributed by atoms with Gasteiger partial charge < -0.3 is 29.9 Å². The molecular formula is C29H33N7O5. The molecule has 1 spiro atoms. The van der Waals surface area contributed by atoms with Gasteiger partial charge in [0.2, 0.25) is 5.91 Å². The van der Waals surface area contributed by atoms with E-state index in [4.69, 9.17) is 9.72 Å². The van der Waals surface area contributed by atoms with Crippen LogP contribution >= 0.6 is 0 Å². The van der Waals surface area contributed by atoms with Crippen LogP contribution in [-0.2, 0) is 17.6 Å². The second-order valence-corrected chi connectivity index (χ2v) is 11.4. The number of nitrogens with zero attached hydrogens (tertiary/aromatic N) is 6. The van der Waals surface area contributed by atoms with Crippen LogP contribution in [0.1, 0.15) is 47.3 Å². The van der Waals surface area contributed by atoms with Crippen LogP contribution in [0.2, 0.25) is 0 Å². The van der Waals surface area contributed by atoms with Crippen LogP contribution in [-0.4, -0.2) is 94.6 Å². The van der Waals surface area contributed by atoms with E-state index in [9.17, 15) is 24.8 Å². The van der Waals surface area contributed by atoms with Gasteiger partial charge in [-0.05, 0) is 57.3 Å². The number of nitrogens with one attached hydrogen (secondary N) is 1. The number of hydrogen-bond acceptors (Lipinski definition) is 9. The summed E-state index contributed by atoms with van der Waals surface area (Å²) in [6.07, 6.45) is 2.03. The lowest BCUT2D eigenvalue weighted by Gasteiger charge is -2.42. The maximum absolute atomic E-state index is 14.3. The van der Waals surface area contributed by atoms with Gasteiger partial charge in [-0.3, -0.25) is 9.59 Å². The van der Waals surface area contributed by atoms with E-state index in [1.165, 1.54) is 4.90 Å². The number of ether oxygens (including phenoxy) is 1. The van der Waals surface area contributed by atoms with Crippen molar-refractivity contribution in [2.75, 3.05) is 50.1 Å². The summed E-state index contributed by atoms with van der Waals surface area (Å²) in [5.41, 5.74) is 1.17. The number of likely N-dealkylation sites (N-methyl/N-ethyl adjacent to an activating group) is 1. The van der Waals surface area contributed by atoms with E-state index in [2.05, 4.69) is 21.3 Å². The third-order valence-corrected chi connectivity index (χ3v) is 9.04. The summed E-state index contributed by atoms with van der Waals surface area (Å²) in [4.78, 5) is 54.3. The summed E-state index contributed by atoms with van der Waals surface area (Å²) in [5.74, 6) is -0.168. The first-order valence-electron chi connectivity index (χ1n) is 14.1. The number of ketones is 1. The van der Waals surface area contributed by atoms with Gasteiger partial charge >= 0.3 is 12.1 Å². The Morgan fingerprint density at radius 3 is 2.80 bits per heavy atom. The van der Waals surface area contributed by atoms with E-state index in [0.29, 0.717) is 37.4 Å². The first-order chi connectivity index (χ1) is 19.8. The number of amides is 2. The molecule has 2 N–H and O–H groups in total. The zero-order valence-electron chi connectivity index (χ0n) is 23.0. The number of Topliss-reactive ketones (excluding diaryl/α,β-unsaturated/α-hetero) is 1. The Morgan fingerprint density at radius 2 is 2.05 bits per heavy atom. The van der Waals surface area contributed by atoms with E-state index >= 15 is 0 Å². The Labute approximate surface area is 237 Å². The summed E-state index contributed by atoms with van der Waals surface area (Å²) in [5, 5.41) is 22.0. The molecule has 4 aliphatic rings. The van der Waals surface area contributed by atoms with Crippen molar-refractivity contribution in [1.82, 2.24) is 19.8 Å². The van der Waals surface area contributed by atoms with Gasteiger partial charge in [-0.2, -0.15) is 15.2 Å². The number of aromatic nitrogens is 2. The predicted molar refractivity (Wildman–Crippen MR) is 148 cm³/mol. The number of carbonyl (C=O) groups excluding carboxylic acids is 2. The largest absolute Gasteiger partial charge is 0.465 e. The lowest BCUT2D eigenvalue weighted by Crippen LogP contribution is -2.55. The standard InChI is InChI=1S/C29H33N7O5/c1-34-12-4-6-20(34)17-41-27-32-23-21(25(33-27)35-13-14-36(28(39)40)19(16-35)9-11-30)8-10-29(24(23)37)15-18-5-2-3-7-22(18)31-26(29)38/h2-3,5,7,19-20H,4,6,8-10,12-17H2,1H3,(H,31,38)(H,39,40)/t19-,20-,29?/m0/s1. The number of para-hydroxylation sites is 1. The van der Waals surface area contributed by atoms with Crippen molar-refractivity contribution in [3.05, 3.63) is 41.1 Å². The summed E-state index contributed by atoms with van der Waals surface area (Å²) in [6, 6.07) is 9.33. The molecule has 3 atom stereocenters. The molecule has 1 aliphatic carbocycles. The second-order valence-electron chi connectivity index (χ2n) is 11.4. The van der Waals surface area contributed by atoms with E-state index in [1.807, 2.05) is 36.2 Å². The number of anilines is 2. The topological polar surface area (TPSA) is 152 Å². The fourth-order valence-electron chi connectivity index (χ4n) is 6.64. The van der Waals surface area contributed by atoms with Crippen LogP contribution in [0, 0.1) is 16.7 Å². The number of benzene rings is 1. The van der Waals surface area contributed by atoms with Gasteiger partial charge in [0, 0.05) is 36.9 Å². The number of carbonyl (C=O) groups is 3. The van der Waals surface area contributed by atoms with Crippen molar-refractivity contribution < 1.29 is 24.2 Å². The van der Waals surface area contributed by atoms with E-state index in [1.54, 1.807) is 0 Å². The Hall–Kier alpha value is -4.24. The van der Waals surface area contributed by atoms with Crippen LogP contribution in [0.25, 0.3) is 0 Å². The monoisotopic (exact) mass is 559 g/mol. The first kappa shape index (κ1) is 27.0. The van der Waals surface area contributed by atoms with Gasteiger partial charge in [-0.15, -0.1) is 0 Å².